The van der Waals surface area contributed by atoms with E-state index in [1.54, 1.807) is 15.8 Å². The lowest BCUT2D eigenvalue weighted by atomic mass is 10.0. The van der Waals surface area contributed by atoms with Gasteiger partial charge in [0.25, 0.3) is 5.91 Å². The van der Waals surface area contributed by atoms with E-state index >= 15 is 0 Å². The minimum Gasteiger partial charge on any atom is -0.353 e. The van der Waals surface area contributed by atoms with Crippen LogP contribution in [0.3, 0.4) is 0 Å². The van der Waals surface area contributed by atoms with Crippen molar-refractivity contribution < 1.29 is 9.59 Å². The number of likely N-dealkylation sites (tertiary alicyclic amines) is 1. The van der Waals surface area contributed by atoms with Crippen LogP contribution in [-0.2, 0) is 4.79 Å². The van der Waals surface area contributed by atoms with Gasteiger partial charge in [-0.1, -0.05) is 36.3 Å². The Balaban J connectivity index is 1.31. The summed E-state index contributed by atoms with van der Waals surface area (Å²) in [5, 5.41) is 11.3. The fraction of sp³-hybridized carbons (Fsp3) is 0.500. The van der Waals surface area contributed by atoms with Crippen molar-refractivity contribution in [3.8, 4) is 5.69 Å². The molecule has 2 aliphatic rings. The molecule has 1 N–H and O–H groups in total. The highest BCUT2D eigenvalue weighted by Gasteiger charge is 2.29. The highest BCUT2D eigenvalue weighted by Crippen LogP contribution is 2.25. The van der Waals surface area contributed by atoms with Crippen molar-refractivity contribution in [3.63, 3.8) is 0 Å². The Labute approximate surface area is 158 Å². The molecule has 0 spiro atoms. The van der Waals surface area contributed by atoms with Gasteiger partial charge in [-0.05, 0) is 37.8 Å². The van der Waals surface area contributed by atoms with Gasteiger partial charge in [-0.15, -0.1) is 5.10 Å². The lowest BCUT2D eigenvalue weighted by Crippen LogP contribution is -2.47. The van der Waals surface area contributed by atoms with Gasteiger partial charge in [-0.2, -0.15) is 0 Å². The zero-order valence-electron chi connectivity index (χ0n) is 15.4. The zero-order chi connectivity index (χ0) is 18.6. The van der Waals surface area contributed by atoms with Gasteiger partial charge in [-0.3, -0.25) is 9.59 Å². The molecule has 2 aromatic rings. The number of nitrogens with zero attached hydrogens (tertiary/aromatic N) is 4. The second-order valence-electron chi connectivity index (χ2n) is 7.44. The Morgan fingerprint density at radius 3 is 2.41 bits per heavy atom. The summed E-state index contributed by atoms with van der Waals surface area (Å²) >= 11 is 0. The number of amides is 2. The third-order valence-electron chi connectivity index (χ3n) is 5.59. The van der Waals surface area contributed by atoms with Gasteiger partial charge in [-0.25, -0.2) is 4.68 Å². The van der Waals surface area contributed by atoms with E-state index in [-0.39, 0.29) is 23.8 Å². The van der Waals surface area contributed by atoms with Crippen LogP contribution in [0.25, 0.3) is 5.69 Å². The molecule has 1 aliphatic carbocycles. The number of benzene rings is 1. The van der Waals surface area contributed by atoms with E-state index in [2.05, 4.69) is 15.6 Å². The van der Waals surface area contributed by atoms with E-state index in [1.807, 2.05) is 30.3 Å². The lowest BCUT2D eigenvalue weighted by molar-refractivity contribution is -0.125. The van der Waals surface area contributed by atoms with Crippen LogP contribution in [0.4, 0.5) is 0 Å². The molecule has 0 atom stereocenters. The molecule has 27 heavy (non-hydrogen) atoms. The molecule has 1 aliphatic heterocycles. The average Bonchev–Trinajstić information content (AvgIpc) is 3.41. The molecular weight excluding hydrogens is 342 g/mol. The minimum absolute atomic E-state index is 0.0993. The van der Waals surface area contributed by atoms with E-state index in [0.717, 1.165) is 44.2 Å². The largest absolute Gasteiger partial charge is 0.353 e. The van der Waals surface area contributed by atoms with Crippen LogP contribution in [0.15, 0.2) is 36.5 Å². The average molecular weight is 367 g/mol. The van der Waals surface area contributed by atoms with E-state index < -0.39 is 0 Å². The first-order valence-corrected chi connectivity index (χ1v) is 9.78. The third-order valence-corrected chi connectivity index (χ3v) is 5.59. The second kappa shape index (κ2) is 7.90. The molecule has 4 rings (SSSR count). The van der Waals surface area contributed by atoms with Crippen LogP contribution in [0.2, 0.25) is 0 Å². The molecule has 7 heteroatoms. The number of nitrogens with one attached hydrogen (secondary N) is 1. The van der Waals surface area contributed by atoms with Crippen molar-refractivity contribution in [2.24, 2.45) is 5.92 Å². The Kier molecular flexibility index (Phi) is 5.18. The van der Waals surface area contributed by atoms with Crippen LogP contribution < -0.4 is 5.32 Å². The summed E-state index contributed by atoms with van der Waals surface area (Å²) in [4.78, 5) is 26.8. The van der Waals surface area contributed by atoms with Gasteiger partial charge in [0.15, 0.2) is 5.69 Å². The molecule has 7 nitrogen and oxygen atoms in total. The quantitative estimate of drug-likeness (QED) is 0.898. The van der Waals surface area contributed by atoms with Crippen molar-refractivity contribution in [2.45, 2.75) is 44.6 Å². The summed E-state index contributed by atoms with van der Waals surface area (Å²) in [6, 6.07) is 9.78. The Morgan fingerprint density at radius 1 is 1.00 bits per heavy atom. The van der Waals surface area contributed by atoms with Crippen LogP contribution >= 0.6 is 0 Å². The number of hydrogen-bond acceptors (Lipinski definition) is 4. The van der Waals surface area contributed by atoms with E-state index in [9.17, 15) is 9.59 Å². The molecule has 0 unspecified atom stereocenters. The maximum Gasteiger partial charge on any atom is 0.276 e. The van der Waals surface area contributed by atoms with Crippen LogP contribution in [0.5, 0.6) is 0 Å². The molecule has 0 bridgehead atoms. The topological polar surface area (TPSA) is 80.1 Å². The summed E-state index contributed by atoms with van der Waals surface area (Å²) in [6.45, 7) is 1.26. The van der Waals surface area contributed by atoms with Crippen molar-refractivity contribution >= 4 is 11.8 Å². The lowest BCUT2D eigenvalue weighted by Gasteiger charge is -2.32. The summed E-state index contributed by atoms with van der Waals surface area (Å²) in [5.41, 5.74) is 1.23. The molecule has 1 saturated heterocycles. The number of carbonyl (C=O) groups is 2. The van der Waals surface area contributed by atoms with Crippen molar-refractivity contribution in [3.05, 3.63) is 42.2 Å². The monoisotopic (exact) mass is 367 g/mol. The smallest absolute Gasteiger partial charge is 0.276 e. The standard InChI is InChI=1S/C20H25N5O2/c26-19(15-6-4-5-7-15)21-16-10-12-24(13-11-16)20(27)18-14-25(23-22-18)17-8-2-1-3-9-17/h1-3,8-9,14-16H,4-7,10-13H2,(H,21,26). The van der Waals surface area contributed by atoms with Gasteiger partial charge >= 0.3 is 0 Å². The summed E-state index contributed by atoms with van der Waals surface area (Å²) in [5.74, 6) is 0.290. The first-order chi connectivity index (χ1) is 13.2. The van der Waals surface area contributed by atoms with Crippen molar-refractivity contribution in [2.75, 3.05) is 13.1 Å². The van der Waals surface area contributed by atoms with Gasteiger partial charge < -0.3 is 10.2 Å². The van der Waals surface area contributed by atoms with E-state index in [0.29, 0.717) is 18.8 Å². The number of carbonyl (C=O) groups excluding carboxylic acids is 2. The SMILES string of the molecule is O=C(NC1CCN(C(=O)c2cn(-c3ccccc3)nn2)CC1)C1CCCC1. The zero-order valence-corrected chi connectivity index (χ0v) is 15.4. The highest BCUT2D eigenvalue weighted by molar-refractivity contribution is 5.92. The number of rotatable bonds is 4. The number of aromatic nitrogens is 3. The molecule has 1 saturated carbocycles. The predicted octanol–water partition coefficient (Wildman–Crippen LogP) is 2.18. The second-order valence-corrected chi connectivity index (χ2v) is 7.44. The molecule has 142 valence electrons. The molecule has 1 aromatic carbocycles. The molecule has 2 heterocycles. The molecular formula is C20H25N5O2. The first-order valence-electron chi connectivity index (χ1n) is 9.78. The highest BCUT2D eigenvalue weighted by atomic mass is 16.2. The minimum atomic E-state index is -0.0993. The van der Waals surface area contributed by atoms with Gasteiger partial charge in [0.05, 0.1) is 11.9 Å². The predicted molar refractivity (Wildman–Crippen MR) is 100 cm³/mol. The fourth-order valence-corrected chi connectivity index (χ4v) is 3.96. The molecule has 2 amide bonds. The fourth-order valence-electron chi connectivity index (χ4n) is 3.96. The Morgan fingerprint density at radius 2 is 1.70 bits per heavy atom. The third kappa shape index (κ3) is 4.02. The Hall–Kier alpha value is -2.70. The summed E-state index contributed by atoms with van der Waals surface area (Å²) in [7, 11) is 0. The maximum atomic E-state index is 12.7. The molecule has 1 aromatic heterocycles. The summed E-state index contributed by atoms with van der Waals surface area (Å²) < 4.78 is 1.61. The van der Waals surface area contributed by atoms with Crippen molar-refractivity contribution in [1.29, 1.82) is 0 Å². The van der Waals surface area contributed by atoms with E-state index in [4.69, 9.17) is 0 Å². The van der Waals surface area contributed by atoms with Crippen LogP contribution in [0, 0.1) is 5.92 Å². The number of para-hydroxylation sites is 1. The van der Waals surface area contributed by atoms with Gasteiger partial charge in [0.2, 0.25) is 5.91 Å². The Bertz CT molecular complexity index is 790. The van der Waals surface area contributed by atoms with E-state index in [1.165, 1.54) is 0 Å². The first kappa shape index (κ1) is 17.7. The summed E-state index contributed by atoms with van der Waals surface area (Å²) in [6.07, 6.45) is 7.60. The normalized spacial score (nSPS) is 18.6. The maximum absolute atomic E-state index is 12.7. The molecule has 0 radical (unpaired) electrons. The van der Waals surface area contributed by atoms with Crippen LogP contribution in [-0.4, -0.2) is 50.8 Å². The van der Waals surface area contributed by atoms with Gasteiger partial charge in [0.1, 0.15) is 0 Å². The molecule has 2 fully saturated rings. The van der Waals surface area contributed by atoms with Gasteiger partial charge in [0, 0.05) is 25.0 Å². The number of hydrogen-bond donors (Lipinski definition) is 1. The van der Waals surface area contributed by atoms with Crippen LogP contribution in [0.1, 0.15) is 49.0 Å². The van der Waals surface area contributed by atoms with Crippen molar-refractivity contribution in [1.82, 2.24) is 25.2 Å². The number of piperidine rings is 1.